The molecule has 204 valence electrons. The first-order valence-corrected chi connectivity index (χ1v) is 14.4. The highest BCUT2D eigenvalue weighted by Gasteiger charge is 2.24. The summed E-state index contributed by atoms with van der Waals surface area (Å²) in [4.78, 5) is 62.9. The lowest BCUT2D eigenvalue weighted by Crippen LogP contribution is -2.29. The molecule has 4 rings (SSSR count). The molecule has 4 aromatic rings. The highest BCUT2D eigenvalue weighted by molar-refractivity contribution is 8.14. The molecule has 2 aromatic carbocycles. The van der Waals surface area contributed by atoms with Crippen LogP contribution in [-0.4, -0.2) is 90.9 Å². The van der Waals surface area contributed by atoms with E-state index in [4.69, 9.17) is 0 Å². The van der Waals surface area contributed by atoms with Crippen molar-refractivity contribution in [2.75, 3.05) is 39.7 Å². The number of hydrogen-bond donors (Lipinski definition) is 0. The lowest BCUT2D eigenvalue weighted by atomic mass is 10.3. The van der Waals surface area contributed by atoms with E-state index in [1.807, 2.05) is 24.3 Å². The summed E-state index contributed by atoms with van der Waals surface area (Å²) < 4.78 is 2.72. The maximum Gasteiger partial charge on any atom is 0.329 e. The van der Waals surface area contributed by atoms with Crippen molar-refractivity contribution >= 4 is 67.9 Å². The normalized spacial score (nSPS) is 11.2. The van der Waals surface area contributed by atoms with Crippen LogP contribution in [0.3, 0.4) is 0 Å². The smallest absolute Gasteiger partial charge is 0.329 e. The van der Waals surface area contributed by atoms with Crippen LogP contribution in [0.1, 0.15) is 40.5 Å². The van der Waals surface area contributed by atoms with Crippen LogP contribution in [0.15, 0.2) is 48.5 Å². The Kier molecular flexibility index (Phi) is 9.08. The molecule has 10 nitrogen and oxygen atoms in total. The summed E-state index contributed by atoms with van der Waals surface area (Å²) in [5, 5.41) is -0.508. The van der Waals surface area contributed by atoms with E-state index in [-0.39, 0.29) is 33.9 Å². The largest absolute Gasteiger partial charge is 0.330 e. The molecule has 0 bridgehead atoms. The number of benzene rings is 2. The van der Waals surface area contributed by atoms with E-state index in [2.05, 4.69) is 9.97 Å². The van der Waals surface area contributed by atoms with Crippen LogP contribution in [0.5, 0.6) is 0 Å². The molecule has 0 fully saturated rings. The van der Waals surface area contributed by atoms with Crippen molar-refractivity contribution in [1.82, 2.24) is 28.9 Å². The second kappa shape index (κ2) is 12.5. The number of amides is 2. The fourth-order valence-corrected chi connectivity index (χ4v) is 5.55. The Morgan fingerprint density at radius 2 is 1.03 bits per heavy atom. The van der Waals surface area contributed by atoms with Gasteiger partial charge in [-0.2, -0.15) is 0 Å². The summed E-state index contributed by atoms with van der Waals surface area (Å²) in [5.41, 5.74) is 2.39. The molecule has 0 atom stereocenters. The number of imidazole rings is 2. The fraction of sp³-hybridized carbons (Fsp3) is 0.333. The van der Waals surface area contributed by atoms with E-state index in [9.17, 15) is 19.2 Å². The minimum absolute atomic E-state index is 0.121. The molecular formula is C27H30N6O4S2. The predicted molar refractivity (Wildman–Crippen MR) is 156 cm³/mol. The van der Waals surface area contributed by atoms with E-state index in [1.54, 1.807) is 52.5 Å². The number of unbranched alkanes of at least 4 members (excludes halogenated alkanes) is 2. The Morgan fingerprint density at radius 3 is 1.41 bits per heavy atom. The third-order valence-corrected chi connectivity index (χ3v) is 7.76. The molecule has 0 aliphatic rings. The number of carbonyl (C=O) groups excluding carboxylic acids is 4. The minimum atomic E-state index is -0.324. The average molecular weight is 567 g/mol. The van der Waals surface area contributed by atoms with Crippen LogP contribution in [0, 0.1) is 0 Å². The first-order valence-electron chi connectivity index (χ1n) is 12.4. The van der Waals surface area contributed by atoms with Gasteiger partial charge >= 0.3 is 12.1 Å². The van der Waals surface area contributed by atoms with E-state index in [0.29, 0.717) is 33.6 Å². The van der Waals surface area contributed by atoms with Crippen molar-refractivity contribution in [3.63, 3.8) is 0 Å². The van der Waals surface area contributed by atoms with Gasteiger partial charge < -0.3 is 9.80 Å². The van der Waals surface area contributed by atoms with Gasteiger partial charge in [-0.05, 0) is 37.1 Å². The number of hydrogen-bond acceptors (Lipinski definition) is 8. The van der Waals surface area contributed by atoms with Gasteiger partial charge in [0.15, 0.2) is 11.6 Å². The third-order valence-electron chi connectivity index (χ3n) is 5.89. The number of rotatable bonds is 8. The van der Waals surface area contributed by atoms with Crippen LogP contribution in [0.2, 0.25) is 0 Å². The summed E-state index contributed by atoms with van der Waals surface area (Å²) in [6.45, 7) is 0. The van der Waals surface area contributed by atoms with E-state index >= 15 is 0 Å². The van der Waals surface area contributed by atoms with Crippen molar-refractivity contribution in [3.05, 3.63) is 60.2 Å². The first-order chi connectivity index (χ1) is 18.7. The number of aromatic nitrogens is 4. The quantitative estimate of drug-likeness (QED) is 0.272. The number of para-hydroxylation sites is 4. The summed E-state index contributed by atoms with van der Waals surface area (Å²) >= 11 is 2.27. The SMILES string of the molecule is CN(C)C(=O)n1c(C(=O)SCCCCCSC(=O)c2nc3ccccc3n2C(=O)N(C)C)nc2ccccc21. The van der Waals surface area contributed by atoms with Crippen molar-refractivity contribution in [1.29, 1.82) is 0 Å². The molecule has 0 unspecified atom stereocenters. The van der Waals surface area contributed by atoms with Gasteiger partial charge in [0.25, 0.3) is 10.2 Å². The average Bonchev–Trinajstić information content (AvgIpc) is 3.50. The molecule has 2 aromatic heterocycles. The Bertz CT molecular complexity index is 1430. The van der Waals surface area contributed by atoms with Gasteiger partial charge in [-0.15, -0.1) is 0 Å². The van der Waals surface area contributed by atoms with Gasteiger partial charge in [0, 0.05) is 39.7 Å². The maximum absolute atomic E-state index is 12.9. The van der Waals surface area contributed by atoms with E-state index < -0.39 is 0 Å². The highest BCUT2D eigenvalue weighted by atomic mass is 32.2. The molecule has 2 heterocycles. The zero-order chi connectivity index (χ0) is 28.1. The summed E-state index contributed by atoms with van der Waals surface area (Å²) in [6.07, 6.45) is 2.36. The molecule has 0 spiro atoms. The van der Waals surface area contributed by atoms with Gasteiger partial charge in [0.2, 0.25) is 0 Å². The number of fused-ring (bicyclic) bond motifs is 2. The van der Waals surface area contributed by atoms with Crippen LogP contribution < -0.4 is 0 Å². The third kappa shape index (κ3) is 6.17. The number of thioether (sulfide) groups is 2. The molecule has 0 saturated heterocycles. The zero-order valence-electron chi connectivity index (χ0n) is 22.3. The predicted octanol–water partition coefficient (Wildman–Crippen LogP) is 5.06. The van der Waals surface area contributed by atoms with Gasteiger partial charge in [0.05, 0.1) is 22.1 Å². The Hall–Kier alpha value is -3.64. The van der Waals surface area contributed by atoms with Gasteiger partial charge in [-0.3, -0.25) is 9.59 Å². The second-order valence-electron chi connectivity index (χ2n) is 9.21. The Balaban J connectivity index is 1.29. The van der Waals surface area contributed by atoms with Gasteiger partial charge in [-0.25, -0.2) is 28.7 Å². The summed E-state index contributed by atoms with van der Waals surface area (Å²) in [6, 6.07) is 13.7. The maximum atomic E-state index is 12.9. The van der Waals surface area contributed by atoms with Gasteiger partial charge in [-0.1, -0.05) is 54.2 Å². The molecule has 0 N–H and O–H groups in total. The number of nitrogens with zero attached hydrogens (tertiary/aromatic N) is 6. The molecule has 39 heavy (non-hydrogen) atoms. The highest BCUT2D eigenvalue weighted by Crippen LogP contribution is 2.23. The van der Waals surface area contributed by atoms with Crippen LogP contribution >= 0.6 is 23.5 Å². The van der Waals surface area contributed by atoms with Crippen LogP contribution in [0.25, 0.3) is 22.1 Å². The summed E-state index contributed by atoms with van der Waals surface area (Å²) in [7, 11) is 6.54. The molecule has 0 radical (unpaired) electrons. The molecule has 0 saturated carbocycles. The van der Waals surface area contributed by atoms with Gasteiger partial charge in [0.1, 0.15) is 0 Å². The van der Waals surface area contributed by atoms with Crippen LogP contribution in [-0.2, 0) is 0 Å². The van der Waals surface area contributed by atoms with Crippen molar-refractivity contribution < 1.29 is 19.2 Å². The minimum Gasteiger partial charge on any atom is -0.330 e. The summed E-state index contributed by atoms with van der Waals surface area (Å²) in [5.74, 6) is 1.39. The molecule has 12 heteroatoms. The first kappa shape index (κ1) is 28.4. The van der Waals surface area contributed by atoms with E-state index in [1.165, 1.54) is 18.9 Å². The van der Waals surface area contributed by atoms with Crippen molar-refractivity contribution in [3.8, 4) is 0 Å². The fourth-order valence-electron chi connectivity index (χ4n) is 3.95. The van der Waals surface area contributed by atoms with E-state index in [0.717, 1.165) is 42.8 Å². The topological polar surface area (TPSA) is 110 Å². The monoisotopic (exact) mass is 566 g/mol. The Labute approximate surface area is 234 Å². The number of carbonyl (C=O) groups is 4. The standard InChI is InChI=1S/C27H30N6O4S2/c1-30(2)26(36)32-20-14-8-6-12-18(20)28-22(32)24(34)38-16-10-5-11-17-39-25(35)23-29-19-13-7-9-15-21(19)33(23)27(37)31(3)4/h6-9,12-15H,5,10-11,16-17H2,1-4H3. The molecule has 0 aliphatic heterocycles. The second-order valence-corrected chi connectivity index (χ2v) is 11.3. The molecular weight excluding hydrogens is 536 g/mol. The van der Waals surface area contributed by atoms with Crippen LogP contribution in [0.4, 0.5) is 9.59 Å². The van der Waals surface area contributed by atoms with Crippen molar-refractivity contribution in [2.24, 2.45) is 0 Å². The molecule has 2 amide bonds. The zero-order valence-corrected chi connectivity index (χ0v) is 23.9. The van der Waals surface area contributed by atoms with Crippen molar-refractivity contribution in [2.45, 2.75) is 19.3 Å². The molecule has 0 aliphatic carbocycles. The lowest BCUT2D eigenvalue weighted by Gasteiger charge is -2.13. The Morgan fingerprint density at radius 1 is 0.641 bits per heavy atom. The lowest BCUT2D eigenvalue weighted by molar-refractivity contribution is 0.107.